The predicted molar refractivity (Wildman–Crippen MR) is 135 cm³/mol. The maximum absolute atomic E-state index is 13.1. The largest absolute Gasteiger partial charge is 0.488 e. The number of carboxylic acids is 1. The highest BCUT2D eigenvalue weighted by molar-refractivity contribution is 5.92. The fraction of sp³-hybridized carbons (Fsp3) is 0.654. The maximum Gasteiger partial charge on any atom is 0.326 e. The Hall–Kier alpha value is -2.65. The van der Waals surface area contributed by atoms with Crippen molar-refractivity contribution < 1.29 is 29.0 Å². The van der Waals surface area contributed by atoms with Gasteiger partial charge in [-0.3, -0.25) is 9.59 Å². The van der Waals surface area contributed by atoms with Crippen LogP contribution in [0.3, 0.4) is 0 Å². The fourth-order valence-corrected chi connectivity index (χ4v) is 3.15. The Kier molecular flexibility index (Phi) is 11.2. The van der Waals surface area contributed by atoms with Gasteiger partial charge in [0.15, 0.2) is 0 Å². The van der Waals surface area contributed by atoms with Crippen molar-refractivity contribution in [2.24, 2.45) is 11.7 Å². The number of carbonyl (C=O) groups is 3. The van der Waals surface area contributed by atoms with Crippen molar-refractivity contribution in [1.82, 2.24) is 10.6 Å². The molecule has 0 saturated heterocycles. The Morgan fingerprint density at radius 2 is 1.46 bits per heavy atom. The molecule has 0 bridgehead atoms. The van der Waals surface area contributed by atoms with E-state index in [0.29, 0.717) is 5.75 Å². The van der Waals surface area contributed by atoms with E-state index >= 15 is 0 Å². The van der Waals surface area contributed by atoms with Gasteiger partial charge in [0.25, 0.3) is 0 Å². The van der Waals surface area contributed by atoms with E-state index in [4.69, 9.17) is 15.2 Å². The van der Waals surface area contributed by atoms with E-state index in [-0.39, 0.29) is 31.0 Å². The highest BCUT2D eigenvalue weighted by atomic mass is 16.5. The number of carboxylic acid groups (broad SMARTS) is 1. The van der Waals surface area contributed by atoms with E-state index < -0.39 is 41.5 Å². The van der Waals surface area contributed by atoms with Crippen LogP contribution in [0, 0.1) is 5.92 Å². The Bertz CT molecular complexity index is 840. The Morgan fingerprint density at radius 3 is 1.91 bits per heavy atom. The minimum absolute atomic E-state index is 0.0202. The molecule has 0 radical (unpaired) electrons. The number of benzene rings is 1. The molecule has 0 aliphatic heterocycles. The standard InChI is InChI=1S/C26H43N3O6/c1-16(2)13-21(24(32)33)29-23(31)20(28-22(30)19(27)15-34-25(3,4)5)14-17-9-11-18(12-10-17)35-26(6,7)8/h9-12,16,19-21H,13-15,27H2,1-8H3,(H,28,30)(H,29,31)(H,32,33)/t19-,20-,21-/m0/s1. The third-order valence-electron chi connectivity index (χ3n) is 4.77. The van der Waals surface area contributed by atoms with Crippen LogP contribution in [-0.4, -0.2) is 58.8 Å². The lowest BCUT2D eigenvalue weighted by molar-refractivity contribution is -0.142. The molecule has 0 spiro atoms. The maximum atomic E-state index is 13.1. The molecule has 1 rings (SSSR count). The minimum Gasteiger partial charge on any atom is -0.488 e. The summed E-state index contributed by atoms with van der Waals surface area (Å²) in [5.41, 5.74) is 5.92. The van der Waals surface area contributed by atoms with Crippen molar-refractivity contribution >= 4 is 17.8 Å². The van der Waals surface area contributed by atoms with Crippen LogP contribution >= 0.6 is 0 Å². The van der Waals surface area contributed by atoms with E-state index in [0.717, 1.165) is 5.56 Å². The third-order valence-corrected chi connectivity index (χ3v) is 4.77. The Morgan fingerprint density at radius 1 is 0.914 bits per heavy atom. The van der Waals surface area contributed by atoms with E-state index in [9.17, 15) is 19.5 Å². The first kappa shape index (κ1) is 30.4. The zero-order valence-corrected chi connectivity index (χ0v) is 22.3. The van der Waals surface area contributed by atoms with Crippen LogP contribution in [0.1, 0.15) is 67.4 Å². The molecule has 1 aromatic carbocycles. The first-order valence-corrected chi connectivity index (χ1v) is 12.0. The SMILES string of the molecule is CC(C)C[C@H](NC(=O)[C@H](Cc1ccc(OC(C)(C)C)cc1)NC(=O)[C@@H](N)COC(C)(C)C)C(=O)O. The van der Waals surface area contributed by atoms with Gasteiger partial charge in [-0.15, -0.1) is 0 Å². The number of nitrogens with two attached hydrogens (primary N) is 1. The van der Waals surface area contributed by atoms with Crippen molar-refractivity contribution in [2.45, 2.75) is 97.6 Å². The van der Waals surface area contributed by atoms with E-state index in [1.54, 1.807) is 24.3 Å². The lowest BCUT2D eigenvalue weighted by atomic mass is 10.0. The summed E-state index contributed by atoms with van der Waals surface area (Å²) in [6, 6.07) is 4.11. The number of rotatable bonds is 12. The van der Waals surface area contributed by atoms with Gasteiger partial charge >= 0.3 is 5.97 Å². The quantitative estimate of drug-likeness (QED) is 0.351. The first-order valence-electron chi connectivity index (χ1n) is 12.0. The average Bonchev–Trinajstić information content (AvgIpc) is 2.70. The average molecular weight is 494 g/mol. The summed E-state index contributed by atoms with van der Waals surface area (Å²) in [7, 11) is 0. The Labute approximate surface area is 209 Å². The van der Waals surface area contributed by atoms with Crippen LogP contribution in [0.2, 0.25) is 0 Å². The summed E-state index contributed by atoms with van der Waals surface area (Å²) in [6.45, 7) is 15.1. The molecule has 0 fully saturated rings. The molecule has 2 amide bonds. The number of amides is 2. The lowest BCUT2D eigenvalue weighted by Gasteiger charge is -2.25. The molecule has 5 N–H and O–H groups in total. The highest BCUT2D eigenvalue weighted by Gasteiger charge is 2.29. The summed E-state index contributed by atoms with van der Waals surface area (Å²) >= 11 is 0. The molecule has 0 aliphatic carbocycles. The molecule has 0 aromatic heterocycles. The van der Waals surface area contributed by atoms with Gasteiger partial charge in [-0.1, -0.05) is 26.0 Å². The number of carbonyl (C=O) groups excluding carboxylic acids is 2. The number of hydrogen-bond donors (Lipinski definition) is 4. The molecule has 3 atom stereocenters. The molecule has 0 saturated carbocycles. The number of hydrogen-bond acceptors (Lipinski definition) is 6. The molecular weight excluding hydrogens is 450 g/mol. The first-order chi connectivity index (χ1) is 16.0. The van der Waals surface area contributed by atoms with Gasteiger partial charge in [-0.05, 0) is 71.6 Å². The molecule has 0 aliphatic rings. The molecule has 1 aromatic rings. The van der Waals surface area contributed by atoms with Crippen molar-refractivity contribution in [3.63, 3.8) is 0 Å². The number of aliphatic carboxylic acids is 1. The van der Waals surface area contributed by atoms with Gasteiger partial charge in [-0.2, -0.15) is 0 Å². The van der Waals surface area contributed by atoms with Gasteiger partial charge in [0.1, 0.15) is 29.5 Å². The highest BCUT2D eigenvalue weighted by Crippen LogP contribution is 2.19. The zero-order valence-electron chi connectivity index (χ0n) is 22.3. The molecule has 198 valence electrons. The molecule has 9 heteroatoms. The van der Waals surface area contributed by atoms with Crippen LogP contribution in [0.4, 0.5) is 0 Å². The van der Waals surface area contributed by atoms with Crippen LogP contribution in [-0.2, 0) is 25.5 Å². The summed E-state index contributed by atoms with van der Waals surface area (Å²) in [6.07, 6.45) is 0.410. The summed E-state index contributed by atoms with van der Waals surface area (Å²) in [5, 5.41) is 14.8. The summed E-state index contributed by atoms with van der Waals surface area (Å²) < 4.78 is 11.4. The minimum atomic E-state index is -1.13. The summed E-state index contributed by atoms with van der Waals surface area (Å²) in [5.74, 6) is -1.54. The topological polar surface area (TPSA) is 140 Å². The second-order valence-corrected chi connectivity index (χ2v) is 11.2. The van der Waals surface area contributed by atoms with Gasteiger partial charge < -0.3 is 30.9 Å². The fourth-order valence-electron chi connectivity index (χ4n) is 3.15. The number of ether oxygens (including phenoxy) is 2. The van der Waals surface area contributed by atoms with Crippen molar-refractivity contribution in [2.75, 3.05) is 6.61 Å². The monoisotopic (exact) mass is 493 g/mol. The van der Waals surface area contributed by atoms with Crippen LogP contribution in [0.15, 0.2) is 24.3 Å². The van der Waals surface area contributed by atoms with Crippen LogP contribution in [0.5, 0.6) is 5.75 Å². The molecule has 9 nitrogen and oxygen atoms in total. The molecule has 0 heterocycles. The lowest BCUT2D eigenvalue weighted by Crippen LogP contribution is -2.56. The van der Waals surface area contributed by atoms with E-state index in [1.165, 1.54) is 0 Å². The van der Waals surface area contributed by atoms with Gasteiger partial charge in [-0.25, -0.2) is 4.79 Å². The van der Waals surface area contributed by atoms with Gasteiger partial charge in [0.05, 0.1) is 12.2 Å². The van der Waals surface area contributed by atoms with Crippen LogP contribution in [0.25, 0.3) is 0 Å². The second-order valence-electron chi connectivity index (χ2n) is 11.2. The van der Waals surface area contributed by atoms with E-state index in [2.05, 4.69) is 10.6 Å². The number of nitrogens with one attached hydrogen (secondary N) is 2. The van der Waals surface area contributed by atoms with Crippen LogP contribution < -0.4 is 21.1 Å². The van der Waals surface area contributed by atoms with Crippen molar-refractivity contribution in [1.29, 1.82) is 0 Å². The normalized spacial score (nSPS) is 14.7. The van der Waals surface area contributed by atoms with E-state index in [1.807, 2.05) is 55.4 Å². The van der Waals surface area contributed by atoms with Gasteiger partial charge in [0.2, 0.25) is 11.8 Å². The molecule has 35 heavy (non-hydrogen) atoms. The summed E-state index contributed by atoms with van der Waals surface area (Å²) in [4.78, 5) is 37.5. The Balaban J connectivity index is 3.04. The zero-order chi connectivity index (χ0) is 27.0. The smallest absolute Gasteiger partial charge is 0.326 e. The second kappa shape index (κ2) is 12.9. The predicted octanol–water partition coefficient (Wildman–Crippen LogP) is 2.65. The molecular formula is C26H43N3O6. The van der Waals surface area contributed by atoms with Crippen molar-refractivity contribution in [3.8, 4) is 5.75 Å². The third kappa shape index (κ3) is 12.6. The molecule has 0 unspecified atom stereocenters. The van der Waals surface area contributed by atoms with Crippen molar-refractivity contribution in [3.05, 3.63) is 29.8 Å². The van der Waals surface area contributed by atoms with Gasteiger partial charge in [0, 0.05) is 6.42 Å².